The molecule has 1 atom stereocenters. The van der Waals surface area contributed by atoms with Crippen LogP contribution in [0, 0.1) is 0 Å². The van der Waals surface area contributed by atoms with Gasteiger partial charge < -0.3 is 14.4 Å². The summed E-state index contributed by atoms with van der Waals surface area (Å²) in [6, 6.07) is 7.67. The minimum absolute atomic E-state index is 0.0413. The Bertz CT molecular complexity index is 710. The summed E-state index contributed by atoms with van der Waals surface area (Å²) < 4.78 is 7.50. The molecule has 3 rings (SSSR count). The predicted molar refractivity (Wildman–Crippen MR) is 73.6 cm³/mol. The third-order valence-electron chi connectivity index (χ3n) is 3.78. The number of fused-ring (bicyclic) bond motifs is 3. The van der Waals surface area contributed by atoms with E-state index in [9.17, 15) is 9.90 Å². The van der Waals surface area contributed by atoms with E-state index in [1.165, 1.54) is 0 Å². The molecular weight excluding hydrogens is 242 g/mol. The van der Waals surface area contributed by atoms with Crippen LogP contribution in [0.25, 0.3) is 10.9 Å². The van der Waals surface area contributed by atoms with Crippen LogP contribution in [-0.4, -0.2) is 21.4 Å². The van der Waals surface area contributed by atoms with Crippen molar-refractivity contribution in [3.8, 4) is 5.75 Å². The molecule has 0 amide bonds. The summed E-state index contributed by atoms with van der Waals surface area (Å²) in [6.07, 6.45) is 0.0806. The lowest BCUT2D eigenvalue weighted by Crippen LogP contribution is -2.39. The molecule has 2 aromatic rings. The van der Waals surface area contributed by atoms with E-state index in [0.717, 1.165) is 10.9 Å². The van der Waals surface area contributed by atoms with Crippen LogP contribution in [0.15, 0.2) is 29.1 Å². The van der Waals surface area contributed by atoms with Crippen LogP contribution in [-0.2, 0) is 13.5 Å². The normalized spacial score (nSPS) is 18.4. The maximum atomic E-state index is 12.3. The summed E-state index contributed by atoms with van der Waals surface area (Å²) in [6.45, 7) is 3.41. The quantitative estimate of drug-likeness (QED) is 0.846. The fourth-order valence-electron chi connectivity index (χ4n) is 2.61. The van der Waals surface area contributed by atoms with Crippen LogP contribution in [0.4, 0.5) is 0 Å². The van der Waals surface area contributed by atoms with Crippen molar-refractivity contribution in [2.45, 2.75) is 32.0 Å². The summed E-state index contributed by atoms with van der Waals surface area (Å²) >= 11 is 0. The zero-order valence-corrected chi connectivity index (χ0v) is 11.3. The van der Waals surface area contributed by atoms with E-state index in [-0.39, 0.29) is 11.7 Å². The first-order chi connectivity index (χ1) is 8.89. The number of nitrogens with zero attached hydrogens (tertiary/aromatic N) is 1. The second-order valence-corrected chi connectivity index (χ2v) is 5.65. The molecule has 0 saturated heterocycles. The van der Waals surface area contributed by atoms with E-state index in [4.69, 9.17) is 4.74 Å². The van der Waals surface area contributed by atoms with E-state index < -0.39 is 5.60 Å². The minimum atomic E-state index is -0.967. The number of ether oxygens (including phenoxy) is 1. The summed E-state index contributed by atoms with van der Waals surface area (Å²) in [4.78, 5) is 12.3. The number of aryl methyl sites for hydroxylation is 1. The maximum absolute atomic E-state index is 12.3. The Labute approximate surface area is 111 Å². The van der Waals surface area contributed by atoms with Crippen molar-refractivity contribution in [1.82, 2.24) is 4.57 Å². The van der Waals surface area contributed by atoms with Crippen molar-refractivity contribution >= 4 is 10.9 Å². The second kappa shape index (κ2) is 3.84. The van der Waals surface area contributed by atoms with Crippen LogP contribution < -0.4 is 10.3 Å². The van der Waals surface area contributed by atoms with Crippen LogP contribution in [0.2, 0.25) is 0 Å². The second-order valence-electron chi connectivity index (χ2n) is 5.65. The molecule has 0 aliphatic carbocycles. The van der Waals surface area contributed by atoms with Gasteiger partial charge in [-0.3, -0.25) is 4.79 Å². The average Bonchev–Trinajstić information content (AvgIpc) is 2.81. The van der Waals surface area contributed by atoms with Crippen LogP contribution >= 0.6 is 0 Å². The topological polar surface area (TPSA) is 51.5 Å². The van der Waals surface area contributed by atoms with E-state index >= 15 is 0 Å². The van der Waals surface area contributed by atoms with E-state index in [1.54, 1.807) is 25.5 Å². The van der Waals surface area contributed by atoms with Gasteiger partial charge in [-0.05, 0) is 26.0 Å². The Morgan fingerprint density at radius 1 is 1.37 bits per heavy atom. The van der Waals surface area contributed by atoms with Crippen molar-refractivity contribution in [1.29, 1.82) is 0 Å². The van der Waals surface area contributed by atoms with Gasteiger partial charge in [-0.2, -0.15) is 0 Å². The molecule has 1 aromatic heterocycles. The van der Waals surface area contributed by atoms with Gasteiger partial charge in [0.15, 0.2) is 0 Å². The molecule has 2 heterocycles. The van der Waals surface area contributed by atoms with Gasteiger partial charge in [0.2, 0.25) is 0 Å². The van der Waals surface area contributed by atoms with Crippen LogP contribution in [0.3, 0.4) is 0 Å². The minimum Gasteiger partial charge on any atom is -0.486 e. The summed E-state index contributed by atoms with van der Waals surface area (Å²) in [5.74, 6) is 0.630. The Hall–Kier alpha value is -1.81. The van der Waals surface area contributed by atoms with Crippen LogP contribution in [0.5, 0.6) is 5.75 Å². The lowest BCUT2D eigenvalue weighted by molar-refractivity contribution is -0.0224. The highest BCUT2D eigenvalue weighted by Gasteiger charge is 2.37. The first-order valence-corrected chi connectivity index (χ1v) is 6.39. The lowest BCUT2D eigenvalue weighted by atomic mass is 9.97. The zero-order valence-electron chi connectivity index (χ0n) is 11.3. The van der Waals surface area contributed by atoms with E-state index in [0.29, 0.717) is 17.7 Å². The molecule has 1 aliphatic heterocycles. The predicted octanol–water partition coefficient (Wildman–Crippen LogP) is 1.61. The fraction of sp³-hybridized carbons (Fsp3) is 0.400. The average molecular weight is 259 g/mol. The standard InChI is InChI=1S/C15H17NO3/c1-15(2,18)12-8-10-13(19-12)9-6-4-5-7-11(9)16(3)14(10)17/h4-7,12,18H,8H2,1-3H3/t12-/m0/s1. The number of para-hydroxylation sites is 1. The molecule has 1 aliphatic rings. The van der Waals surface area contributed by atoms with Gasteiger partial charge in [-0.25, -0.2) is 0 Å². The van der Waals surface area contributed by atoms with E-state index in [1.807, 2.05) is 24.3 Å². The number of benzene rings is 1. The molecule has 1 N–H and O–H groups in total. The van der Waals surface area contributed by atoms with Gasteiger partial charge in [0.05, 0.1) is 16.7 Å². The molecule has 4 heteroatoms. The Morgan fingerprint density at radius 2 is 2.05 bits per heavy atom. The van der Waals surface area contributed by atoms with Crippen molar-refractivity contribution < 1.29 is 9.84 Å². The zero-order chi connectivity index (χ0) is 13.8. The van der Waals surface area contributed by atoms with Crippen LogP contribution in [0.1, 0.15) is 19.4 Å². The van der Waals surface area contributed by atoms with Gasteiger partial charge in [0.1, 0.15) is 11.9 Å². The first kappa shape index (κ1) is 12.2. The molecule has 0 unspecified atom stereocenters. The van der Waals surface area contributed by atoms with Gasteiger partial charge in [0.25, 0.3) is 5.56 Å². The number of pyridine rings is 1. The Balaban J connectivity index is 2.28. The SMILES string of the molecule is Cn1c(=O)c2c(c3ccccc31)O[C@H](C(C)(C)O)C2. The molecule has 0 saturated carbocycles. The number of aliphatic hydroxyl groups is 1. The molecule has 0 radical (unpaired) electrons. The molecule has 0 spiro atoms. The summed E-state index contributed by atoms with van der Waals surface area (Å²) in [5.41, 5.74) is 0.502. The number of hydrogen-bond donors (Lipinski definition) is 1. The first-order valence-electron chi connectivity index (χ1n) is 6.39. The van der Waals surface area contributed by atoms with Gasteiger partial charge in [0, 0.05) is 18.9 Å². The number of rotatable bonds is 1. The largest absolute Gasteiger partial charge is 0.486 e. The highest BCUT2D eigenvalue weighted by molar-refractivity contribution is 5.87. The van der Waals surface area contributed by atoms with Crippen molar-refractivity contribution in [2.24, 2.45) is 7.05 Å². The van der Waals surface area contributed by atoms with Gasteiger partial charge >= 0.3 is 0 Å². The Kier molecular flexibility index (Phi) is 2.47. The summed E-state index contributed by atoms with van der Waals surface area (Å²) in [5, 5.41) is 11.0. The highest BCUT2D eigenvalue weighted by atomic mass is 16.5. The third kappa shape index (κ3) is 1.75. The molecular formula is C15H17NO3. The molecule has 1 aromatic carbocycles. The highest BCUT2D eigenvalue weighted by Crippen LogP contribution is 2.36. The van der Waals surface area contributed by atoms with Crippen molar-refractivity contribution in [2.75, 3.05) is 0 Å². The van der Waals surface area contributed by atoms with E-state index in [2.05, 4.69) is 0 Å². The molecule has 0 fully saturated rings. The number of hydrogen-bond acceptors (Lipinski definition) is 3. The smallest absolute Gasteiger partial charge is 0.257 e. The Morgan fingerprint density at radius 3 is 2.74 bits per heavy atom. The lowest BCUT2D eigenvalue weighted by Gasteiger charge is -2.24. The fourth-order valence-corrected chi connectivity index (χ4v) is 2.61. The molecule has 0 bridgehead atoms. The van der Waals surface area contributed by atoms with Crippen molar-refractivity contribution in [3.05, 3.63) is 40.2 Å². The monoisotopic (exact) mass is 259 g/mol. The third-order valence-corrected chi connectivity index (χ3v) is 3.78. The van der Waals surface area contributed by atoms with Gasteiger partial charge in [-0.15, -0.1) is 0 Å². The molecule has 4 nitrogen and oxygen atoms in total. The van der Waals surface area contributed by atoms with Gasteiger partial charge in [-0.1, -0.05) is 12.1 Å². The summed E-state index contributed by atoms with van der Waals surface area (Å²) in [7, 11) is 1.77. The molecule has 19 heavy (non-hydrogen) atoms. The maximum Gasteiger partial charge on any atom is 0.257 e. The molecule has 100 valence electrons. The van der Waals surface area contributed by atoms with Crippen molar-refractivity contribution in [3.63, 3.8) is 0 Å². The number of aromatic nitrogens is 1.